The predicted octanol–water partition coefficient (Wildman–Crippen LogP) is 3.29. The van der Waals surface area contributed by atoms with Crippen LogP contribution in [0.5, 0.6) is 0 Å². The molecule has 0 spiro atoms. The average Bonchev–Trinajstić information content (AvgIpc) is 2.67. The third-order valence-electron chi connectivity index (χ3n) is 5.54. The summed E-state index contributed by atoms with van der Waals surface area (Å²) in [6.45, 7) is 2.23. The summed E-state index contributed by atoms with van der Waals surface area (Å²) in [5.74, 6) is -0.283. The zero-order valence-electron chi connectivity index (χ0n) is 16.1. The van der Waals surface area contributed by atoms with Crippen molar-refractivity contribution in [2.24, 2.45) is 0 Å². The summed E-state index contributed by atoms with van der Waals surface area (Å²) in [6.07, 6.45) is 2.63. The molecule has 2 aromatic carbocycles. The third-order valence-corrected chi connectivity index (χ3v) is 9.35. The second kappa shape index (κ2) is 7.28. The van der Waals surface area contributed by atoms with E-state index in [0.717, 1.165) is 6.42 Å². The van der Waals surface area contributed by atoms with Crippen molar-refractivity contribution in [3.8, 4) is 0 Å². The molecule has 0 saturated carbocycles. The fourth-order valence-corrected chi connectivity index (χ4v) is 7.39. The standard InChI is InChI=1S/C20H23FN2O4S2/c1-15-4-5-16-14-17(21)6-11-20(16)23(15)29(26,27)19-9-7-18(8-10-19)22-12-2-3-13-28(22,24)25/h6-11,14-15H,2-5,12-13H2,1H3. The van der Waals surface area contributed by atoms with Gasteiger partial charge >= 0.3 is 0 Å². The van der Waals surface area contributed by atoms with Crippen LogP contribution in [0.4, 0.5) is 15.8 Å². The molecule has 0 aliphatic carbocycles. The number of nitrogens with zero attached hydrogens (tertiary/aromatic N) is 2. The van der Waals surface area contributed by atoms with E-state index in [0.29, 0.717) is 42.7 Å². The molecule has 0 radical (unpaired) electrons. The Hall–Kier alpha value is -2.13. The van der Waals surface area contributed by atoms with Crippen molar-refractivity contribution in [3.63, 3.8) is 0 Å². The summed E-state index contributed by atoms with van der Waals surface area (Å²) in [7, 11) is -7.23. The van der Waals surface area contributed by atoms with Crippen molar-refractivity contribution in [3.05, 3.63) is 53.8 Å². The average molecular weight is 439 g/mol. The number of benzene rings is 2. The lowest BCUT2D eigenvalue weighted by molar-refractivity contribution is 0.560. The fraction of sp³-hybridized carbons (Fsp3) is 0.400. The van der Waals surface area contributed by atoms with E-state index in [1.165, 1.54) is 51.1 Å². The lowest BCUT2D eigenvalue weighted by Crippen LogP contribution is -2.42. The number of aryl methyl sites for hydroxylation is 1. The Morgan fingerprint density at radius 2 is 1.79 bits per heavy atom. The molecule has 2 heterocycles. The minimum absolute atomic E-state index is 0.0830. The maximum Gasteiger partial charge on any atom is 0.264 e. The van der Waals surface area contributed by atoms with Crippen LogP contribution < -0.4 is 8.61 Å². The Labute approximate surface area is 171 Å². The molecule has 2 aliphatic heterocycles. The lowest BCUT2D eigenvalue weighted by atomic mass is 9.99. The van der Waals surface area contributed by atoms with Gasteiger partial charge in [-0.1, -0.05) is 0 Å². The minimum atomic E-state index is -3.87. The second-order valence-electron chi connectivity index (χ2n) is 7.55. The van der Waals surface area contributed by atoms with Crippen LogP contribution >= 0.6 is 0 Å². The van der Waals surface area contributed by atoms with Crippen molar-refractivity contribution in [1.82, 2.24) is 0 Å². The number of hydrogen-bond donors (Lipinski definition) is 0. The Balaban J connectivity index is 1.70. The summed E-state index contributed by atoms with van der Waals surface area (Å²) in [5.41, 5.74) is 1.63. The molecule has 4 rings (SSSR count). The molecule has 1 saturated heterocycles. The first kappa shape index (κ1) is 20.2. The molecule has 2 aliphatic rings. The highest BCUT2D eigenvalue weighted by Gasteiger charge is 2.34. The summed E-state index contributed by atoms with van der Waals surface area (Å²) in [5, 5.41) is 0. The molecule has 156 valence electrons. The molecule has 2 aromatic rings. The quantitative estimate of drug-likeness (QED) is 0.737. The zero-order chi connectivity index (χ0) is 20.8. The maximum atomic E-state index is 13.6. The third kappa shape index (κ3) is 3.61. The number of rotatable bonds is 3. The van der Waals surface area contributed by atoms with Gasteiger partial charge in [-0.2, -0.15) is 0 Å². The van der Waals surface area contributed by atoms with Gasteiger partial charge in [0, 0.05) is 12.6 Å². The minimum Gasteiger partial charge on any atom is -0.270 e. The van der Waals surface area contributed by atoms with Crippen molar-refractivity contribution in [2.45, 2.75) is 43.5 Å². The van der Waals surface area contributed by atoms with Crippen molar-refractivity contribution in [1.29, 1.82) is 0 Å². The Bertz CT molecular complexity index is 1130. The zero-order valence-corrected chi connectivity index (χ0v) is 17.7. The molecule has 0 N–H and O–H groups in total. The lowest BCUT2D eigenvalue weighted by Gasteiger charge is -2.36. The summed E-state index contributed by atoms with van der Waals surface area (Å²) in [6, 6.07) is 9.86. The van der Waals surface area contributed by atoms with Crippen LogP contribution in [0.25, 0.3) is 0 Å². The van der Waals surface area contributed by atoms with Crippen LogP contribution in [0.2, 0.25) is 0 Å². The predicted molar refractivity (Wildman–Crippen MR) is 111 cm³/mol. The van der Waals surface area contributed by atoms with Gasteiger partial charge in [0.05, 0.1) is 22.0 Å². The van der Waals surface area contributed by atoms with Gasteiger partial charge in [-0.15, -0.1) is 0 Å². The van der Waals surface area contributed by atoms with Gasteiger partial charge in [-0.25, -0.2) is 21.2 Å². The van der Waals surface area contributed by atoms with Crippen LogP contribution in [-0.2, 0) is 26.5 Å². The van der Waals surface area contributed by atoms with E-state index in [1.54, 1.807) is 0 Å². The van der Waals surface area contributed by atoms with E-state index in [4.69, 9.17) is 0 Å². The molecular formula is C20H23FN2O4S2. The number of hydrogen-bond acceptors (Lipinski definition) is 4. The van der Waals surface area contributed by atoms with Gasteiger partial charge in [-0.3, -0.25) is 8.61 Å². The van der Waals surface area contributed by atoms with Gasteiger partial charge in [-0.05, 0) is 80.6 Å². The van der Waals surface area contributed by atoms with E-state index >= 15 is 0 Å². The monoisotopic (exact) mass is 438 g/mol. The highest BCUT2D eigenvalue weighted by Crippen LogP contribution is 2.36. The second-order valence-corrected chi connectivity index (χ2v) is 11.4. The molecule has 0 bridgehead atoms. The molecule has 0 amide bonds. The van der Waals surface area contributed by atoms with E-state index in [1.807, 2.05) is 6.92 Å². The van der Waals surface area contributed by atoms with Gasteiger partial charge in [0.2, 0.25) is 10.0 Å². The molecule has 1 fully saturated rings. The number of sulfonamides is 2. The van der Waals surface area contributed by atoms with E-state index in [2.05, 4.69) is 0 Å². The summed E-state index contributed by atoms with van der Waals surface area (Å²) < 4.78 is 67.6. The molecule has 1 atom stereocenters. The maximum absolute atomic E-state index is 13.6. The number of fused-ring (bicyclic) bond motifs is 1. The van der Waals surface area contributed by atoms with E-state index in [9.17, 15) is 21.2 Å². The van der Waals surface area contributed by atoms with E-state index in [-0.39, 0.29) is 22.5 Å². The van der Waals surface area contributed by atoms with Gasteiger partial charge in [0.1, 0.15) is 5.82 Å². The van der Waals surface area contributed by atoms with Crippen molar-refractivity contribution < 1.29 is 21.2 Å². The SMILES string of the molecule is CC1CCc2cc(F)ccc2N1S(=O)(=O)c1ccc(N2CCCCS2(=O)=O)cc1. The van der Waals surface area contributed by atoms with Crippen LogP contribution in [0, 0.1) is 5.82 Å². The van der Waals surface area contributed by atoms with Crippen molar-refractivity contribution >= 4 is 31.4 Å². The molecule has 0 aromatic heterocycles. The van der Waals surface area contributed by atoms with Crippen LogP contribution in [0.15, 0.2) is 47.4 Å². The van der Waals surface area contributed by atoms with Crippen LogP contribution in [-0.4, -0.2) is 35.2 Å². The topological polar surface area (TPSA) is 74.8 Å². The first-order chi connectivity index (χ1) is 13.7. The van der Waals surface area contributed by atoms with Gasteiger partial charge in [0.25, 0.3) is 10.0 Å². The largest absolute Gasteiger partial charge is 0.270 e. The first-order valence-electron chi connectivity index (χ1n) is 9.63. The van der Waals surface area contributed by atoms with Gasteiger partial charge in [0.15, 0.2) is 0 Å². The molecule has 6 nitrogen and oxygen atoms in total. The van der Waals surface area contributed by atoms with E-state index < -0.39 is 20.0 Å². The fourth-order valence-electron chi connectivity index (χ4n) is 4.03. The number of anilines is 2. The highest BCUT2D eigenvalue weighted by molar-refractivity contribution is 7.93. The van der Waals surface area contributed by atoms with Crippen molar-refractivity contribution in [2.75, 3.05) is 20.9 Å². The molecule has 1 unspecified atom stereocenters. The molecule has 29 heavy (non-hydrogen) atoms. The number of halogens is 1. The molecule has 9 heteroatoms. The van der Waals surface area contributed by atoms with Gasteiger partial charge < -0.3 is 0 Å². The smallest absolute Gasteiger partial charge is 0.264 e. The Morgan fingerprint density at radius 1 is 1.07 bits per heavy atom. The highest BCUT2D eigenvalue weighted by atomic mass is 32.2. The summed E-state index contributed by atoms with van der Waals surface area (Å²) >= 11 is 0. The van der Waals surface area contributed by atoms with Crippen LogP contribution in [0.3, 0.4) is 0 Å². The normalized spacial score (nSPS) is 21.7. The van der Waals surface area contributed by atoms with Crippen LogP contribution in [0.1, 0.15) is 31.7 Å². The summed E-state index contributed by atoms with van der Waals surface area (Å²) in [4.78, 5) is 0.0830. The Kier molecular flexibility index (Phi) is 5.06. The first-order valence-corrected chi connectivity index (χ1v) is 12.7. The Morgan fingerprint density at radius 3 is 2.48 bits per heavy atom. The molecular weight excluding hydrogens is 415 g/mol.